The maximum Gasteiger partial charge on any atom is 0.387 e. The lowest BCUT2D eigenvalue weighted by molar-refractivity contribution is -0.431. The number of benzene rings is 1. The summed E-state index contributed by atoms with van der Waals surface area (Å²) in [5.41, 5.74) is -0.131. The summed E-state index contributed by atoms with van der Waals surface area (Å²) in [6, 6.07) is 5.51. The summed E-state index contributed by atoms with van der Waals surface area (Å²) in [4.78, 5) is 34.7. The van der Waals surface area contributed by atoms with Gasteiger partial charge in [0.2, 0.25) is 0 Å². The molecule has 2 rings (SSSR count). The molecular weight excluding hydrogens is 406 g/mol. The van der Waals surface area contributed by atoms with E-state index in [1.165, 1.54) is 45.0 Å². The Balaban J connectivity index is 2.49. The Morgan fingerprint density at radius 1 is 1.17 bits per heavy atom. The molecule has 0 bridgehead atoms. The number of ether oxygens (including phenoxy) is 3. The Morgan fingerprint density at radius 2 is 1.80 bits per heavy atom. The van der Waals surface area contributed by atoms with Gasteiger partial charge >= 0.3 is 18.6 Å². The van der Waals surface area contributed by atoms with Gasteiger partial charge < -0.3 is 19.5 Å². The zero-order valence-electron chi connectivity index (χ0n) is 16.4. The van der Waals surface area contributed by atoms with E-state index >= 15 is 0 Å². The fraction of sp³-hybridized carbons (Fsp3) is 0.368. The van der Waals surface area contributed by atoms with Crippen LogP contribution in [0.4, 0.5) is 8.78 Å². The number of nitrogens with one attached hydrogen (secondary N) is 1. The topological polar surface area (TPSA) is 117 Å². The Hall–Kier alpha value is -3.50. The van der Waals surface area contributed by atoms with Gasteiger partial charge in [0, 0.05) is 18.2 Å². The predicted octanol–water partition coefficient (Wildman–Crippen LogP) is 2.86. The second-order valence-corrected chi connectivity index (χ2v) is 6.26. The first-order valence-corrected chi connectivity index (χ1v) is 8.80. The van der Waals surface area contributed by atoms with Gasteiger partial charge in [0.15, 0.2) is 0 Å². The molecule has 0 radical (unpaired) electrons. The van der Waals surface area contributed by atoms with Gasteiger partial charge in [-0.2, -0.15) is 8.78 Å². The molecule has 1 atom stereocenters. The molecular formula is C19H20F2N2O7. The Morgan fingerprint density at radius 3 is 2.40 bits per heavy atom. The molecule has 0 aromatic heterocycles. The molecule has 162 valence electrons. The molecule has 1 aromatic rings. The number of rotatable bonds is 8. The lowest BCUT2D eigenvalue weighted by Crippen LogP contribution is -2.32. The minimum atomic E-state index is -3.17. The highest BCUT2D eigenvalue weighted by Crippen LogP contribution is 2.42. The molecule has 0 spiro atoms. The number of carbonyl (C=O) groups is 2. The van der Waals surface area contributed by atoms with Crippen LogP contribution in [0.1, 0.15) is 32.3 Å². The zero-order chi connectivity index (χ0) is 22.4. The first-order chi connectivity index (χ1) is 14.1. The van der Waals surface area contributed by atoms with E-state index in [1.54, 1.807) is 0 Å². The zero-order valence-corrected chi connectivity index (χ0v) is 16.4. The van der Waals surface area contributed by atoms with Gasteiger partial charge in [0.25, 0.3) is 5.70 Å². The van der Waals surface area contributed by atoms with Gasteiger partial charge in [-0.15, -0.1) is 0 Å². The number of allylic oxidation sites excluding steroid dienone is 3. The molecule has 1 aliphatic heterocycles. The van der Waals surface area contributed by atoms with Crippen molar-refractivity contribution in [3.63, 3.8) is 0 Å². The molecule has 1 N–H and O–H groups in total. The highest BCUT2D eigenvalue weighted by atomic mass is 19.3. The van der Waals surface area contributed by atoms with Crippen molar-refractivity contribution in [2.45, 2.75) is 33.3 Å². The minimum Gasteiger partial charge on any atom is -0.462 e. The Labute approximate surface area is 170 Å². The molecule has 1 aromatic carbocycles. The van der Waals surface area contributed by atoms with E-state index in [0.717, 1.165) is 0 Å². The quantitative estimate of drug-likeness (QED) is 0.292. The number of para-hydroxylation sites is 1. The molecule has 0 saturated heterocycles. The molecule has 1 heterocycles. The third-order valence-corrected chi connectivity index (χ3v) is 4.21. The molecule has 11 heteroatoms. The van der Waals surface area contributed by atoms with Crippen molar-refractivity contribution < 1.29 is 37.5 Å². The summed E-state index contributed by atoms with van der Waals surface area (Å²) in [6.07, 6.45) is 0. The third kappa shape index (κ3) is 5.31. The molecule has 0 fully saturated rings. The number of halogens is 2. The fourth-order valence-electron chi connectivity index (χ4n) is 3.12. The van der Waals surface area contributed by atoms with Gasteiger partial charge in [-0.25, -0.2) is 4.79 Å². The third-order valence-electron chi connectivity index (χ3n) is 4.21. The SMILES string of the molecule is CC(=O)OCCOC(=O)C1=C(C)NC(C)=C([N+](=O)[O-])C1c1ccccc1OC(F)F. The van der Waals surface area contributed by atoms with E-state index in [4.69, 9.17) is 4.74 Å². The number of hydrogen-bond donors (Lipinski definition) is 1. The van der Waals surface area contributed by atoms with Crippen LogP contribution in [0.3, 0.4) is 0 Å². The van der Waals surface area contributed by atoms with Gasteiger partial charge in [-0.05, 0) is 19.9 Å². The van der Waals surface area contributed by atoms with Crippen molar-refractivity contribution in [1.29, 1.82) is 0 Å². The first-order valence-electron chi connectivity index (χ1n) is 8.80. The van der Waals surface area contributed by atoms with Crippen molar-refractivity contribution in [3.8, 4) is 5.75 Å². The number of nitro groups is 1. The Kier molecular flexibility index (Phi) is 7.45. The maximum absolute atomic E-state index is 12.9. The number of esters is 2. The van der Waals surface area contributed by atoms with E-state index in [-0.39, 0.29) is 41.5 Å². The van der Waals surface area contributed by atoms with Crippen molar-refractivity contribution in [2.24, 2.45) is 0 Å². The summed E-state index contributed by atoms with van der Waals surface area (Å²) >= 11 is 0. The number of alkyl halides is 2. The summed E-state index contributed by atoms with van der Waals surface area (Å²) < 4.78 is 40.1. The molecule has 0 aliphatic carbocycles. The second-order valence-electron chi connectivity index (χ2n) is 6.26. The summed E-state index contributed by atoms with van der Waals surface area (Å²) in [5.74, 6) is -3.11. The highest BCUT2D eigenvalue weighted by Gasteiger charge is 2.42. The molecule has 0 amide bonds. The monoisotopic (exact) mass is 426 g/mol. The van der Waals surface area contributed by atoms with Crippen LogP contribution in [0.5, 0.6) is 5.75 Å². The number of nitrogens with zero attached hydrogens (tertiary/aromatic N) is 1. The number of hydrogen-bond acceptors (Lipinski definition) is 8. The highest BCUT2D eigenvalue weighted by molar-refractivity contribution is 5.92. The summed E-state index contributed by atoms with van der Waals surface area (Å²) in [6.45, 7) is 0.481. The van der Waals surface area contributed by atoms with Crippen molar-refractivity contribution in [2.75, 3.05) is 13.2 Å². The summed E-state index contributed by atoms with van der Waals surface area (Å²) in [5, 5.41) is 14.5. The number of carbonyl (C=O) groups excluding carboxylic acids is 2. The fourth-order valence-corrected chi connectivity index (χ4v) is 3.12. The van der Waals surface area contributed by atoms with E-state index < -0.39 is 35.1 Å². The molecule has 30 heavy (non-hydrogen) atoms. The van der Waals surface area contributed by atoms with Gasteiger partial charge in [-0.3, -0.25) is 14.9 Å². The van der Waals surface area contributed by atoms with Crippen LogP contribution < -0.4 is 10.1 Å². The average Bonchev–Trinajstić information content (AvgIpc) is 2.64. The minimum absolute atomic E-state index is 0.0108. The predicted molar refractivity (Wildman–Crippen MR) is 98.9 cm³/mol. The van der Waals surface area contributed by atoms with Crippen molar-refractivity contribution in [3.05, 3.63) is 62.6 Å². The van der Waals surface area contributed by atoms with Gasteiger partial charge in [0.05, 0.1) is 16.2 Å². The van der Waals surface area contributed by atoms with Crippen LogP contribution in [0.15, 0.2) is 46.9 Å². The van der Waals surface area contributed by atoms with Crippen LogP contribution in [0, 0.1) is 10.1 Å². The summed E-state index contributed by atoms with van der Waals surface area (Å²) in [7, 11) is 0. The largest absolute Gasteiger partial charge is 0.462 e. The van der Waals surface area contributed by atoms with Crippen LogP contribution in [-0.2, 0) is 19.1 Å². The van der Waals surface area contributed by atoms with E-state index in [2.05, 4.69) is 14.8 Å². The lowest BCUT2D eigenvalue weighted by Gasteiger charge is -2.27. The second kappa shape index (κ2) is 9.81. The van der Waals surface area contributed by atoms with E-state index in [9.17, 15) is 28.5 Å². The van der Waals surface area contributed by atoms with Gasteiger partial charge in [0.1, 0.15) is 24.9 Å². The van der Waals surface area contributed by atoms with Crippen LogP contribution >= 0.6 is 0 Å². The van der Waals surface area contributed by atoms with Gasteiger partial charge in [-0.1, -0.05) is 18.2 Å². The lowest BCUT2D eigenvalue weighted by atomic mass is 9.83. The smallest absolute Gasteiger partial charge is 0.387 e. The van der Waals surface area contributed by atoms with Crippen molar-refractivity contribution >= 4 is 11.9 Å². The van der Waals surface area contributed by atoms with Crippen LogP contribution in [0.2, 0.25) is 0 Å². The van der Waals surface area contributed by atoms with Crippen LogP contribution in [0.25, 0.3) is 0 Å². The molecule has 1 aliphatic rings. The average molecular weight is 426 g/mol. The standard InChI is InChI=1S/C19H20F2N2O7/c1-10-15(18(25)29-9-8-28-12(3)24)16(17(23(26)27)11(2)22-10)13-6-4-5-7-14(13)30-19(20)21/h4-7,16,19,22H,8-9H2,1-3H3. The van der Waals surface area contributed by atoms with Crippen LogP contribution in [-0.4, -0.2) is 36.7 Å². The normalized spacial score (nSPS) is 16.3. The maximum atomic E-state index is 12.9. The number of dihydropyridines is 1. The molecule has 9 nitrogen and oxygen atoms in total. The molecule has 1 unspecified atom stereocenters. The van der Waals surface area contributed by atoms with E-state index in [1.807, 2.05) is 0 Å². The Bertz CT molecular complexity index is 912. The van der Waals surface area contributed by atoms with E-state index in [0.29, 0.717) is 0 Å². The first kappa shape index (κ1) is 22.8. The molecule has 0 saturated carbocycles. The van der Waals surface area contributed by atoms with Crippen molar-refractivity contribution in [1.82, 2.24) is 5.32 Å².